The summed E-state index contributed by atoms with van der Waals surface area (Å²) in [5, 5.41) is 38.1. The number of hydrogen-bond acceptors (Lipinski definition) is 6. The minimum Gasteiger partial charge on any atom is -0.459 e. The van der Waals surface area contributed by atoms with Crippen LogP contribution in [0.5, 0.6) is 0 Å². The van der Waals surface area contributed by atoms with Gasteiger partial charge in [-0.1, -0.05) is 18.7 Å². The Balaban J connectivity index is 2.22. The zero-order chi connectivity index (χ0) is 19.6. The van der Waals surface area contributed by atoms with Crippen LogP contribution in [0.2, 0.25) is 0 Å². The van der Waals surface area contributed by atoms with Crippen molar-refractivity contribution in [1.29, 1.82) is 0 Å². The molecular formula is C21H25NO5. The van der Waals surface area contributed by atoms with E-state index in [1.54, 1.807) is 18.3 Å². The fourth-order valence-electron chi connectivity index (χ4n) is 2.71. The molecule has 0 aliphatic heterocycles. The Morgan fingerprint density at radius 2 is 2.00 bits per heavy atom. The van der Waals surface area contributed by atoms with E-state index >= 15 is 0 Å². The van der Waals surface area contributed by atoms with Gasteiger partial charge < -0.3 is 24.8 Å². The molecule has 1 unspecified atom stereocenters. The third kappa shape index (κ3) is 6.01. The van der Waals surface area contributed by atoms with Gasteiger partial charge in [0.25, 0.3) is 0 Å². The molecule has 2 aromatic rings. The number of allylic oxidation sites excluding steroid dienone is 1. The average Bonchev–Trinajstić information content (AvgIpc) is 3.16. The van der Waals surface area contributed by atoms with Gasteiger partial charge in [-0.05, 0) is 59.9 Å². The minimum atomic E-state index is -0.881. The summed E-state index contributed by atoms with van der Waals surface area (Å²) in [4.78, 5) is 4.36. The zero-order valence-electron chi connectivity index (χ0n) is 15.1. The number of aliphatic hydroxyl groups is 4. The molecule has 6 heteroatoms. The molecule has 1 atom stereocenters. The van der Waals surface area contributed by atoms with E-state index in [1.807, 2.05) is 24.3 Å². The van der Waals surface area contributed by atoms with Crippen molar-refractivity contribution in [3.8, 4) is 0 Å². The van der Waals surface area contributed by atoms with Crippen molar-refractivity contribution in [3.05, 3.63) is 77.5 Å². The first-order valence-corrected chi connectivity index (χ1v) is 8.68. The Morgan fingerprint density at radius 1 is 1.19 bits per heavy atom. The zero-order valence-corrected chi connectivity index (χ0v) is 15.1. The maximum absolute atomic E-state index is 10.5. The van der Waals surface area contributed by atoms with Crippen LogP contribution >= 0.6 is 0 Å². The van der Waals surface area contributed by atoms with Gasteiger partial charge in [0.15, 0.2) is 0 Å². The molecule has 0 fully saturated rings. The predicted molar refractivity (Wildman–Crippen MR) is 103 cm³/mol. The van der Waals surface area contributed by atoms with Gasteiger partial charge in [0.1, 0.15) is 18.1 Å². The summed E-state index contributed by atoms with van der Waals surface area (Å²) >= 11 is 0. The molecule has 0 saturated carbocycles. The van der Waals surface area contributed by atoms with Crippen LogP contribution in [0, 0.1) is 0 Å². The SMILES string of the molecule is C=C(CO)/C(=C/CO)C(O)CC/C(=C/c1ccc(CO)o1)c1ccccn1. The van der Waals surface area contributed by atoms with Gasteiger partial charge in [-0.3, -0.25) is 4.98 Å². The highest BCUT2D eigenvalue weighted by Crippen LogP contribution is 2.26. The van der Waals surface area contributed by atoms with Crippen molar-refractivity contribution >= 4 is 11.6 Å². The number of pyridine rings is 1. The van der Waals surface area contributed by atoms with Crippen molar-refractivity contribution in [2.45, 2.75) is 25.6 Å². The highest BCUT2D eigenvalue weighted by molar-refractivity contribution is 5.78. The predicted octanol–water partition coefficient (Wildman–Crippen LogP) is 2.32. The van der Waals surface area contributed by atoms with E-state index in [0.717, 1.165) is 11.3 Å². The van der Waals surface area contributed by atoms with Crippen molar-refractivity contribution in [3.63, 3.8) is 0 Å². The van der Waals surface area contributed by atoms with Crippen molar-refractivity contribution in [2.24, 2.45) is 0 Å². The standard InChI is InChI=1S/C21H25NO5/c1-15(13-24)19(9-11-23)21(26)8-5-16(20-4-2-3-10-22-20)12-17-6-7-18(14-25)27-17/h2-4,6-7,9-10,12,21,23-26H,1,5,8,11,13-14H2/b16-12-,19-9-. The molecule has 0 aromatic carbocycles. The van der Waals surface area contributed by atoms with Crippen molar-refractivity contribution < 1.29 is 24.8 Å². The topological polar surface area (TPSA) is 107 Å². The van der Waals surface area contributed by atoms with E-state index in [1.165, 1.54) is 6.08 Å². The second kappa shape index (κ2) is 10.6. The van der Waals surface area contributed by atoms with E-state index in [4.69, 9.17) is 14.6 Å². The Kier molecular flexibility index (Phi) is 8.16. The molecule has 2 rings (SSSR count). The van der Waals surface area contributed by atoms with E-state index < -0.39 is 6.10 Å². The van der Waals surface area contributed by atoms with E-state index in [0.29, 0.717) is 35.5 Å². The number of furan rings is 1. The van der Waals surface area contributed by atoms with Crippen LogP contribution in [0.15, 0.2) is 64.7 Å². The fraction of sp³-hybridized carbons (Fsp3) is 0.286. The van der Waals surface area contributed by atoms with Crippen LogP contribution in [-0.2, 0) is 6.61 Å². The molecule has 6 nitrogen and oxygen atoms in total. The monoisotopic (exact) mass is 371 g/mol. The summed E-state index contributed by atoms with van der Waals surface area (Å²) in [6, 6.07) is 9.02. The quantitative estimate of drug-likeness (QED) is 0.478. The van der Waals surface area contributed by atoms with Crippen molar-refractivity contribution in [2.75, 3.05) is 13.2 Å². The fourth-order valence-corrected chi connectivity index (χ4v) is 2.71. The molecule has 0 saturated heterocycles. The largest absolute Gasteiger partial charge is 0.459 e. The first-order chi connectivity index (χ1) is 13.1. The first-order valence-electron chi connectivity index (χ1n) is 8.68. The average molecular weight is 371 g/mol. The Morgan fingerprint density at radius 3 is 2.59 bits per heavy atom. The van der Waals surface area contributed by atoms with Gasteiger partial charge in [0.05, 0.1) is 25.0 Å². The summed E-state index contributed by atoms with van der Waals surface area (Å²) in [6.45, 7) is 3.01. The lowest BCUT2D eigenvalue weighted by atomic mass is 9.95. The normalized spacial score (nSPS) is 13.6. The molecule has 144 valence electrons. The molecule has 0 amide bonds. The molecule has 2 aromatic heterocycles. The maximum atomic E-state index is 10.5. The van der Waals surface area contributed by atoms with Crippen molar-refractivity contribution in [1.82, 2.24) is 4.98 Å². The Bertz CT molecular complexity index is 792. The summed E-state index contributed by atoms with van der Waals surface area (Å²) < 4.78 is 5.52. The molecular weight excluding hydrogens is 346 g/mol. The summed E-state index contributed by atoms with van der Waals surface area (Å²) in [5.41, 5.74) is 2.41. The molecule has 0 aliphatic rings. The number of hydrogen-bond donors (Lipinski definition) is 4. The molecule has 0 radical (unpaired) electrons. The Hall–Kier alpha value is -2.51. The second-order valence-corrected chi connectivity index (χ2v) is 6.00. The van der Waals surface area contributed by atoms with Crippen LogP contribution in [0.1, 0.15) is 30.1 Å². The summed E-state index contributed by atoms with van der Waals surface area (Å²) in [5.74, 6) is 1.05. The molecule has 0 aliphatic carbocycles. The number of nitrogens with zero attached hydrogens (tertiary/aromatic N) is 1. The van der Waals surface area contributed by atoms with Crippen LogP contribution in [0.3, 0.4) is 0 Å². The number of aliphatic hydroxyl groups excluding tert-OH is 4. The molecule has 27 heavy (non-hydrogen) atoms. The molecule has 2 heterocycles. The van der Waals surface area contributed by atoms with Gasteiger partial charge in [0.2, 0.25) is 0 Å². The van der Waals surface area contributed by atoms with Gasteiger partial charge >= 0.3 is 0 Å². The lowest BCUT2D eigenvalue weighted by Gasteiger charge is -2.17. The Labute approximate surface area is 158 Å². The van der Waals surface area contributed by atoms with Crippen LogP contribution in [0.25, 0.3) is 11.6 Å². The van der Waals surface area contributed by atoms with E-state index in [-0.39, 0.29) is 19.8 Å². The van der Waals surface area contributed by atoms with Crippen LogP contribution in [-0.4, -0.2) is 44.7 Å². The van der Waals surface area contributed by atoms with Gasteiger partial charge in [0, 0.05) is 6.20 Å². The number of aromatic nitrogens is 1. The third-order valence-corrected chi connectivity index (χ3v) is 4.11. The molecule has 0 spiro atoms. The van der Waals surface area contributed by atoms with Gasteiger partial charge in [-0.15, -0.1) is 0 Å². The maximum Gasteiger partial charge on any atom is 0.130 e. The van der Waals surface area contributed by atoms with Crippen LogP contribution < -0.4 is 0 Å². The van der Waals surface area contributed by atoms with Gasteiger partial charge in [-0.25, -0.2) is 0 Å². The lowest BCUT2D eigenvalue weighted by Crippen LogP contribution is -2.14. The molecule has 4 N–H and O–H groups in total. The highest BCUT2D eigenvalue weighted by atomic mass is 16.4. The van der Waals surface area contributed by atoms with Crippen LogP contribution in [0.4, 0.5) is 0 Å². The summed E-state index contributed by atoms with van der Waals surface area (Å²) in [7, 11) is 0. The minimum absolute atomic E-state index is 0.177. The molecule has 0 bridgehead atoms. The second-order valence-electron chi connectivity index (χ2n) is 6.00. The van der Waals surface area contributed by atoms with E-state index in [9.17, 15) is 10.2 Å². The van der Waals surface area contributed by atoms with Gasteiger partial charge in [-0.2, -0.15) is 0 Å². The highest BCUT2D eigenvalue weighted by Gasteiger charge is 2.15. The number of rotatable bonds is 10. The summed E-state index contributed by atoms with van der Waals surface area (Å²) in [6.07, 6.45) is 4.91. The first kappa shape index (κ1) is 20.8. The smallest absolute Gasteiger partial charge is 0.130 e. The third-order valence-electron chi connectivity index (χ3n) is 4.11. The van der Waals surface area contributed by atoms with E-state index in [2.05, 4.69) is 11.6 Å². The lowest BCUT2D eigenvalue weighted by molar-refractivity contribution is 0.199.